The standard InChI is InChI=1S/C13H13N3O/c1-14-13(17)10-7-8-12(15-9-10)16-11-5-3-2-4-6-11/h2-9H,1H3,(H,14,17)(H,15,16). The van der Waals surface area contributed by atoms with Crippen LogP contribution in [0.5, 0.6) is 0 Å². The lowest BCUT2D eigenvalue weighted by Crippen LogP contribution is -2.17. The molecule has 2 rings (SSSR count). The van der Waals surface area contributed by atoms with E-state index in [0.717, 1.165) is 5.69 Å². The fraction of sp³-hybridized carbons (Fsp3) is 0.0769. The van der Waals surface area contributed by atoms with E-state index in [4.69, 9.17) is 0 Å². The largest absolute Gasteiger partial charge is 0.355 e. The zero-order valence-corrected chi connectivity index (χ0v) is 9.47. The molecule has 17 heavy (non-hydrogen) atoms. The summed E-state index contributed by atoms with van der Waals surface area (Å²) in [6, 6.07) is 13.3. The highest BCUT2D eigenvalue weighted by Gasteiger charge is 2.03. The van der Waals surface area contributed by atoms with Crippen molar-refractivity contribution in [2.45, 2.75) is 0 Å². The molecule has 1 aromatic heterocycles. The fourth-order valence-electron chi connectivity index (χ4n) is 1.42. The van der Waals surface area contributed by atoms with Crippen molar-refractivity contribution in [2.75, 3.05) is 12.4 Å². The lowest BCUT2D eigenvalue weighted by molar-refractivity contribution is 0.0963. The SMILES string of the molecule is CNC(=O)c1ccc(Nc2ccccc2)nc1. The number of para-hydroxylation sites is 1. The van der Waals surface area contributed by atoms with Crippen LogP contribution in [0, 0.1) is 0 Å². The molecule has 1 aromatic carbocycles. The summed E-state index contributed by atoms with van der Waals surface area (Å²) < 4.78 is 0. The van der Waals surface area contributed by atoms with E-state index in [2.05, 4.69) is 15.6 Å². The van der Waals surface area contributed by atoms with Gasteiger partial charge in [-0.25, -0.2) is 4.98 Å². The Bertz CT molecular complexity index is 494. The van der Waals surface area contributed by atoms with Crippen LogP contribution in [0.25, 0.3) is 0 Å². The van der Waals surface area contributed by atoms with Gasteiger partial charge in [0.15, 0.2) is 0 Å². The molecule has 1 heterocycles. The van der Waals surface area contributed by atoms with Crippen LogP contribution < -0.4 is 10.6 Å². The van der Waals surface area contributed by atoms with Gasteiger partial charge in [0.1, 0.15) is 5.82 Å². The first kappa shape index (κ1) is 11.1. The highest BCUT2D eigenvalue weighted by molar-refractivity contribution is 5.93. The molecule has 0 spiro atoms. The van der Waals surface area contributed by atoms with Crippen molar-refractivity contribution in [3.8, 4) is 0 Å². The second kappa shape index (κ2) is 5.12. The number of nitrogens with zero attached hydrogens (tertiary/aromatic N) is 1. The second-order valence-electron chi connectivity index (χ2n) is 3.50. The van der Waals surface area contributed by atoms with Gasteiger partial charge in [-0.15, -0.1) is 0 Å². The summed E-state index contributed by atoms with van der Waals surface area (Å²) in [7, 11) is 1.60. The van der Waals surface area contributed by atoms with E-state index in [-0.39, 0.29) is 5.91 Å². The third-order valence-corrected chi connectivity index (χ3v) is 2.30. The Labute approximate surface area is 99.7 Å². The summed E-state index contributed by atoms with van der Waals surface area (Å²) in [5.41, 5.74) is 1.51. The van der Waals surface area contributed by atoms with Gasteiger partial charge in [0.2, 0.25) is 0 Å². The molecular formula is C13H13N3O. The summed E-state index contributed by atoms with van der Waals surface area (Å²) in [5, 5.41) is 5.70. The van der Waals surface area contributed by atoms with Crippen molar-refractivity contribution in [2.24, 2.45) is 0 Å². The molecule has 0 saturated carbocycles. The maximum absolute atomic E-state index is 11.3. The number of aromatic nitrogens is 1. The summed E-state index contributed by atoms with van der Waals surface area (Å²) in [5.74, 6) is 0.576. The first-order valence-corrected chi connectivity index (χ1v) is 5.30. The Morgan fingerprint density at radius 3 is 2.47 bits per heavy atom. The quantitative estimate of drug-likeness (QED) is 0.845. The van der Waals surface area contributed by atoms with Crippen LogP contribution >= 0.6 is 0 Å². The van der Waals surface area contributed by atoms with E-state index >= 15 is 0 Å². The van der Waals surface area contributed by atoms with Crippen molar-refractivity contribution in [1.82, 2.24) is 10.3 Å². The molecule has 0 unspecified atom stereocenters. The van der Waals surface area contributed by atoms with Gasteiger partial charge in [-0.1, -0.05) is 18.2 Å². The van der Waals surface area contributed by atoms with Gasteiger partial charge >= 0.3 is 0 Å². The highest BCUT2D eigenvalue weighted by atomic mass is 16.1. The number of carbonyl (C=O) groups is 1. The predicted molar refractivity (Wildman–Crippen MR) is 67.4 cm³/mol. The van der Waals surface area contributed by atoms with Gasteiger partial charge in [-0.05, 0) is 24.3 Å². The van der Waals surface area contributed by atoms with E-state index < -0.39 is 0 Å². The molecule has 86 valence electrons. The van der Waals surface area contributed by atoms with E-state index in [0.29, 0.717) is 11.4 Å². The minimum atomic E-state index is -0.135. The number of nitrogens with one attached hydrogen (secondary N) is 2. The zero-order chi connectivity index (χ0) is 12.1. The molecule has 2 N–H and O–H groups in total. The monoisotopic (exact) mass is 227 g/mol. The predicted octanol–water partition coefficient (Wildman–Crippen LogP) is 2.18. The Kier molecular flexibility index (Phi) is 3.35. The van der Waals surface area contributed by atoms with Gasteiger partial charge in [0, 0.05) is 18.9 Å². The van der Waals surface area contributed by atoms with Gasteiger partial charge < -0.3 is 10.6 Å². The van der Waals surface area contributed by atoms with Crippen LogP contribution in [-0.4, -0.2) is 17.9 Å². The van der Waals surface area contributed by atoms with Crippen LogP contribution in [0.3, 0.4) is 0 Å². The fourth-order valence-corrected chi connectivity index (χ4v) is 1.42. The number of anilines is 2. The summed E-state index contributed by atoms with van der Waals surface area (Å²) in [6.45, 7) is 0. The molecule has 0 aliphatic heterocycles. The van der Waals surface area contributed by atoms with E-state index in [1.807, 2.05) is 30.3 Å². The molecule has 0 atom stereocenters. The van der Waals surface area contributed by atoms with Crippen LogP contribution in [0.15, 0.2) is 48.7 Å². The van der Waals surface area contributed by atoms with Crippen molar-refractivity contribution >= 4 is 17.4 Å². The van der Waals surface area contributed by atoms with E-state index in [1.165, 1.54) is 0 Å². The van der Waals surface area contributed by atoms with Gasteiger partial charge in [0.25, 0.3) is 5.91 Å². The number of pyridine rings is 1. The first-order valence-electron chi connectivity index (χ1n) is 5.30. The summed E-state index contributed by atoms with van der Waals surface area (Å²) in [4.78, 5) is 15.5. The molecule has 2 aromatic rings. The Balaban J connectivity index is 2.11. The molecule has 0 radical (unpaired) electrons. The Morgan fingerprint density at radius 2 is 1.88 bits per heavy atom. The lowest BCUT2D eigenvalue weighted by Gasteiger charge is -2.05. The highest BCUT2D eigenvalue weighted by Crippen LogP contribution is 2.13. The van der Waals surface area contributed by atoms with Crippen LogP contribution in [0.2, 0.25) is 0 Å². The van der Waals surface area contributed by atoms with Crippen molar-refractivity contribution in [3.05, 3.63) is 54.2 Å². The van der Waals surface area contributed by atoms with Crippen molar-refractivity contribution < 1.29 is 4.79 Å². The summed E-state index contributed by atoms with van der Waals surface area (Å²) in [6.07, 6.45) is 1.55. The Hall–Kier alpha value is -2.36. The molecular weight excluding hydrogens is 214 g/mol. The number of rotatable bonds is 3. The minimum Gasteiger partial charge on any atom is -0.355 e. The van der Waals surface area contributed by atoms with Gasteiger partial charge in [-0.3, -0.25) is 4.79 Å². The van der Waals surface area contributed by atoms with Crippen molar-refractivity contribution in [1.29, 1.82) is 0 Å². The van der Waals surface area contributed by atoms with E-state index in [1.54, 1.807) is 25.4 Å². The number of hydrogen-bond acceptors (Lipinski definition) is 3. The Morgan fingerprint density at radius 1 is 1.12 bits per heavy atom. The maximum Gasteiger partial charge on any atom is 0.252 e. The number of hydrogen-bond donors (Lipinski definition) is 2. The van der Waals surface area contributed by atoms with Gasteiger partial charge in [0.05, 0.1) is 5.56 Å². The minimum absolute atomic E-state index is 0.135. The maximum atomic E-state index is 11.3. The number of carbonyl (C=O) groups excluding carboxylic acids is 1. The molecule has 4 heteroatoms. The first-order chi connectivity index (χ1) is 8.29. The average molecular weight is 227 g/mol. The molecule has 0 aliphatic rings. The normalized spacial score (nSPS) is 9.71. The topological polar surface area (TPSA) is 54.0 Å². The number of amides is 1. The second-order valence-corrected chi connectivity index (χ2v) is 3.50. The zero-order valence-electron chi connectivity index (χ0n) is 9.47. The smallest absolute Gasteiger partial charge is 0.252 e. The average Bonchev–Trinajstić information content (AvgIpc) is 2.40. The lowest BCUT2D eigenvalue weighted by atomic mass is 10.2. The van der Waals surface area contributed by atoms with E-state index in [9.17, 15) is 4.79 Å². The van der Waals surface area contributed by atoms with Crippen LogP contribution in [0.1, 0.15) is 10.4 Å². The molecule has 0 fully saturated rings. The molecule has 1 amide bonds. The summed E-state index contributed by atoms with van der Waals surface area (Å²) >= 11 is 0. The number of benzene rings is 1. The third kappa shape index (κ3) is 2.81. The molecule has 0 aliphatic carbocycles. The van der Waals surface area contributed by atoms with Crippen LogP contribution in [0.4, 0.5) is 11.5 Å². The molecule has 4 nitrogen and oxygen atoms in total. The van der Waals surface area contributed by atoms with Gasteiger partial charge in [-0.2, -0.15) is 0 Å². The van der Waals surface area contributed by atoms with Crippen molar-refractivity contribution in [3.63, 3.8) is 0 Å². The molecule has 0 bridgehead atoms. The third-order valence-electron chi connectivity index (χ3n) is 2.30. The van der Waals surface area contributed by atoms with Crippen LogP contribution in [-0.2, 0) is 0 Å². The molecule has 0 saturated heterocycles.